The van der Waals surface area contributed by atoms with Crippen molar-refractivity contribution in [2.75, 3.05) is 16.8 Å². The van der Waals surface area contributed by atoms with E-state index < -0.39 is 5.92 Å². The molecule has 0 bridgehead atoms. The second-order valence-corrected chi connectivity index (χ2v) is 8.28. The first-order valence-corrected chi connectivity index (χ1v) is 11.0. The molecule has 0 aromatic heterocycles. The van der Waals surface area contributed by atoms with Crippen LogP contribution in [0.2, 0.25) is 0 Å². The molecule has 0 aliphatic carbocycles. The van der Waals surface area contributed by atoms with Crippen molar-refractivity contribution in [1.29, 1.82) is 0 Å². The Balaban J connectivity index is 1.26. The summed E-state index contributed by atoms with van der Waals surface area (Å²) in [5, 5.41) is 5.03. The molecule has 5 heteroatoms. The van der Waals surface area contributed by atoms with Gasteiger partial charge in [0.1, 0.15) is 11.5 Å². The van der Waals surface area contributed by atoms with E-state index in [2.05, 4.69) is 5.32 Å². The molecule has 1 aliphatic heterocycles. The third kappa shape index (κ3) is 4.30. The Kier molecular flexibility index (Phi) is 5.53. The molecule has 1 heterocycles. The highest BCUT2D eigenvalue weighted by molar-refractivity contribution is 6.08. The standard InChI is InChI=1S/C28H24N2O3/c1-19-7-2-5-12-26(19)33-23-15-13-22(14-16-23)29-28(32)21-17-27(31)30(18-21)25-11-6-9-20-8-3-4-10-24(20)25/h2-16,21H,17-18H2,1H3,(H,29,32)/t21-/m1/s1. The van der Waals surface area contributed by atoms with Crippen LogP contribution < -0.4 is 15.0 Å². The third-order valence-electron chi connectivity index (χ3n) is 6.00. The van der Waals surface area contributed by atoms with Crippen molar-refractivity contribution in [3.63, 3.8) is 0 Å². The zero-order valence-corrected chi connectivity index (χ0v) is 18.3. The number of nitrogens with zero attached hydrogens (tertiary/aromatic N) is 1. The summed E-state index contributed by atoms with van der Waals surface area (Å²) in [7, 11) is 0. The van der Waals surface area contributed by atoms with Gasteiger partial charge in [0.2, 0.25) is 11.8 Å². The van der Waals surface area contributed by atoms with E-state index in [0.29, 0.717) is 18.0 Å². The van der Waals surface area contributed by atoms with Crippen LogP contribution in [0, 0.1) is 12.8 Å². The number of rotatable bonds is 5. The maximum Gasteiger partial charge on any atom is 0.229 e. The minimum absolute atomic E-state index is 0.0338. The molecule has 33 heavy (non-hydrogen) atoms. The van der Waals surface area contributed by atoms with E-state index in [-0.39, 0.29) is 18.2 Å². The van der Waals surface area contributed by atoms with E-state index in [1.807, 2.05) is 97.9 Å². The first-order chi connectivity index (χ1) is 16.1. The third-order valence-corrected chi connectivity index (χ3v) is 6.00. The van der Waals surface area contributed by atoms with Crippen LogP contribution >= 0.6 is 0 Å². The van der Waals surface area contributed by atoms with Gasteiger partial charge in [-0.05, 0) is 54.3 Å². The summed E-state index contributed by atoms with van der Waals surface area (Å²) >= 11 is 0. The number of carbonyl (C=O) groups excluding carboxylic acids is 2. The van der Waals surface area contributed by atoms with E-state index in [1.54, 1.807) is 4.90 Å². The molecule has 0 unspecified atom stereocenters. The van der Waals surface area contributed by atoms with Crippen molar-refractivity contribution in [1.82, 2.24) is 0 Å². The summed E-state index contributed by atoms with van der Waals surface area (Å²) in [6, 6.07) is 29.0. The zero-order valence-electron chi connectivity index (χ0n) is 18.3. The number of hydrogen-bond acceptors (Lipinski definition) is 3. The lowest BCUT2D eigenvalue weighted by molar-refractivity contribution is -0.122. The number of anilines is 2. The van der Waals surface area contributed by atoms with E-state index >= 15 is 0 Å². The number of amides is 2. The first kappa shape index (κ1) is 20.8. The Labute approximate surface area is 192 Å². The van der Waals surface area contributed by atoms with Crippen LogP contribution in [0.4, 0.5) is 11.4 Å². The van der Waals surface area contributed by atoms with Crippen LogP contribution in [0.3, 0.4) is 0 Å². The van der Waals surface area contributed by atoms with Gasteiger partial charge in [-0.15, -0.1) is 0 Å². The summed E-state index contributed by atoms with van der Waals surface area (Å²) in [5.41, 5.74) is 2.58. The van der Waals surface area contributed by atoms with Gasteiger partial charge in [-0.2, -0.15) is 0 Å². The van der Waals surface area contributed by atoms with Crippen molar-refractivity contribution in [2.45, 2.75) is 13.3 Å². The van der Waals surface area contributed by atoms with Gasteiger partial charge in [0.05, 0.1) is 11.6 Å². The van der Waals surface area contributed by atoms with E-state index in [0.717, 1.165) is 27.8 Å². The van der Waals surface area contributed by atoms with Crippen LogP contribution in [-0.4, -0.2) is 18.4 Å². The molecule has 4 aromatic rings. The van der Waals surface area contributed by atoms with Crippen LogP contribution in [0.15, 0.2) is 91.0 Å². The lowest BCUT2D eigenvalue weighted by Gasteiger charge is -2.19. The number of fused-ring (bicyclic) bond motifs is 1. The van der Waals surface area contributed by atoms with Crippen molar-refractivity contribution in [3.8, 4) is 11.5 Å². The number of para-hydroxylation sites is 1. The molecular weight excluding hydrogens is 412 g/mol. The lowest BCUT2D eigenvalue weighted by Crippen LogP contribution is -2.28. The van der Waals surface area contributed by atoms with E-state index in [9.17, 15) is 9.59 Å². The Morgan fingerprint density at radius 3 is 2.45 bits per heavy atom. The van der Waals surface area contributed by atoms with Crippen LogP contribution in [0.1, 0.15) is 12.0 Å². The fraction of sp³-hybridized carbons (Fsp3) is 0.143. The molecule has 0 spiro atoms. The highest BCUT2D eigenvalue weighted by Gasteiger charge is 2.35. The maximum absolute atomic E-state index is 12.9. The molecule has 0 saturated carbocycles. The van der Waals surface area contributed by atoms with Crippen molar-refractivity contribution in [2.24, 2.45) is 5.92 Å². The Morgan fingerprint density at radius 1 is 0.909 bits per heavy atom. The molecule has 5 nitrogen and oxygen atoms in total. The van der Waals surface area contributed by atoms with E-state index in [4.69, 9.17) is 4.74 Å². The van der Waals surface area contributed by atoms with Crippen LogP contribution in [0.25, 0.3) is 10.8 Å². The minimum atomic E-state index is -0.403. The number of nitrogens with one attached hydrogen (secondary N) is 1. The molecule has 1 atom stereocenters. The fourth-order valence-corrected chi connectivity index (χ4v) is 4.21. The average molecular weight is 437 g/mol. The second kappa shape index (κ2) is 8.79. The highest BCUT2D eigenvalue weighted by Crippen LogP contribution is 2.32. The van der Waals surface area contributed by atoms with Gasteiger partial charge in [-0.3, -0.25) is 9.59 Å². The summed E-state index contributed by atoms with van der Waals surface area (Å²) in [4.78, 5) is 27.4. The molecule has 1 fully saturated rings. The van der Waals surface area contributed by atoms with Gasteiger partial charge in [0.25, 0.3) is 0 Å². The minimum Gasteiger partial charge on any atom is -0.457 e. The van der Waals surface area contributed by atoms with Gasteiger partial charge in [0, 0.05) is 24.0 Å². The van der Waals surface area contributed by atoms with Gasteiger partial charge in [0.15, 0.2) is 0 Å². The summed E-state index contributed by atoms with van der Waals surface area (Å²) < 4.78 is 5.92. The maximum atomic E-state index is 12.9. The second-order valence-electron chi connectivity index (χ2n) is 8.28. The number of aryl methyl sites for hydroxylation is 1. The predicted octanol–water partition coefficient (Wildman–Crippen LogP) is 5.93. The molecular formula is C28H24N2O3. The van der Waals surface area contributed by atoms with Crippen LogP contribution in [-0.2, 0) is 9.59 Å². The van der Waals surface area contributed by atoms with Crippen LogP contribution in [0.5, 0.6) is 11.5 Å². The molecule has 5 rings (SSSR count). The molecule has 164 valence electrons. The normalized spacial score (nSPS) is 15.6. The molecule has 0 radical (unpaired) electrons. The number of ether oxygens (including phenoxy) is 1. The van der Waals surface area contributed by atoms with Gasteiger partial charge in [-0.1, -0.05) is 54.6 Å². The summed E-state index contributed by atoms with van der Waals surface area (Å²) in [6.45, 7) is 2.36. The average Bonchev–Trinajstić information content (AvgIpc) is 3.23. The number of carbonyl (C=O) groups is 2. The topological polar surface area (TPSA) is 58.6 Å². The van der Waals surface area contributed by atoms with Crippen molar-refractivity contribution < 1.29 is 14.3 Å². The summed E-state index contributed by atoms with van der Waals surface area (Å²) in [6.07, 6.45) is 0.198. The molecule has 2 amide bonds. The van der Waals surface area contributed by atoms with Gasteiger partial charge in [-0.25, -0.2) is 0 Å². The monoisotopic (exact) mass is 436 g/mol. The Bertz CT molecular complexity index is 1330. The molecule has 4 aromatic carbocycles. The first-order valence-electron chi connectivity index (χ1n) is 11.0. The smallest absolute Gasteiger partial charge is 0.229 e. The lowest BCUT2D eigenvalue weighted by atomic mass is 10.1. The molecule has 1 saturated heterocycles. The van der Waals surface area contributed by atoms with Crippen molar-refractivity contribution >= 4 is 34.0 Å². The number of hydrogen-bond donors (Lipinski definition) is 1. The SMILES string of the molecule is Cc1ccccc1Oc1ccc(NC(=O)[C@@H]2CC(=O)N(c3cccc4ccccc34)C2)cc1. The fourth-order valence-electron chi connectivity index (χ4n) is 4.21. The van der Waals surface area contributed by atoms with Crippen molar-refractivity contribution in [3.05, 3.63) is 96.6 Å². The molecule has 1 N–H and O–H groups in total. The largest absolute Gasteiger partial charge is 0.457 e. The number of benzene rings is 4. The zero-order chi connectivity index (χ0) is 22.8. The Morgan fingerprint density at radius 2 is 1.64 bits per heavy atom. The Hall–Kier alpha value is -4.12. The van der Waals surface area contributed by atoms with E-state index in [1.165, 1.54) is 0 Å². The quantitative estimate of drug-likeness (QED) is 0.422. The predicted molar refractivity (Wildman–Crippen MR) is 131 cm³/mol. The van der Waals surface area contributed by atoms with Gasteiger partial charge < -0.3 is 15.0 Å². The molecule has 1 aliphatic rings. The highest BCUT2D eigenvalue weighted by atomic mass is 16.5. The van der Waals surface area contributed by atoms with Gasteiger partial charge >= 0.3 is 0 Å². The summed E-state index contributed by atoms with van der Waals surface area (Å²) in [5.74, 6) is 0.902.